The number of benzene rings is 2. The Morgan fingerprint density at radius 1 is 1.07 bits per heavy atom. The molecule has 30 heavy (non-hydrogen) atoms. The minimum absolute atomic E-state index is 0.0406. The Morgan fingerprint density at radius 2 is 1.80 bits per heavy atom. The van der Waals surface area contributed by atoms with E-state index >= 15 is 0 Å². The first-order valence-corrected chi connectivity index (χ1v) is 9.46. The van der Waals surface area contributed by atoms with Gasteiger partial charge in [-0.05, 0) is 44.2 Å². The van der Waals surface area contributed by atoms with Crippen molar-refractivity contribution in [3.63, 3.8) is 0 Å². The van der Waals surface area contributed by atoms with Crippen LogP contribution in [0.4, 0.5) is 0 Å². The third-order valence-electron chi connectivity index (χ3n) is 5.33. The zero-order valence-electron chi connectivity index (χ0n) is 16.9. The van der Waals surface area contributed by atoms with Crippen LogP contribution in [0.2, 0.25) is 0 Å². The van der Waals surface area contributed by atoms with Crippen molar-refractivity contribution in [1.29, 1.82) is 0 Å². The van der Waals surface area contributed by atoms with Gasteiger partial charge in [0.2, 0.25) is 5.43 Å². The Hall–Kier alpha value is -3.45. The standard InChI is InChI=1S/C23H20O7/c1-23(2)8-7-11-14(30-23)6-5-12-19(24)18-13-9-16(26-3)17(27-4)10-15(13)28-22(25)21(18)29-20(11)12/h5-10,22,25H,1-4H3/t22-/m0/s1. The van der Waals surface area contributed by atoms with Gasteiger partial charge in [-0.1, -0.05) is 0 Å². The molecule has 0 saturated carbocycles. The Morgan fingerprint density at radius 3 is 2.53 bits per heavy atom. The Balaban J connectivity index is 1.81. The molecule has 2 aliphatic heterocycles. The van der Waals surface area contributed by atoms with Crippen molar-refractivity contribution in [2.45, 2.75) is 25.7 Å². The summed E-state index contributed by atoms with van der Waals surface area (Å²) in [4.78, 5) is 13.5. The first kappa shape index (κ1) is 18.6. The smallest absolute Gasteiger partial charge is 0.257 e. The summed E-state index contributed by atoms with van der Waals surface area (Å²) in [6.07, 6.45) is 2.32. The molecule has 1 aromatic heterocycles. The van der Waals surface area contributed by atoms with E-state index in [1.54, 1.807) is 24.3 Å². The predicted molar refractivity (Wildman–Crippen MR) is 110 cm³/mol. The van der Waals surface area contributed by atoms with Crippen LogP contribution in [-0.2, 0) is 0 Å². The van der Waals surface area contributed by atoms with Crippen LogP contribution in [0.25, 0.3) is 28.2 Å². The summed E-state index contributed by atoms with van der Waals surface area (Å²) in [7, 11) is 3.01. The average molecular weight is 408 g/mol. The van der Waals surface area contributed by atoms with Crippen molar-refractivity contribution in [3.05, 3.63) is 51.9 Å². The summed E-state index contributed by atoms with van der Waals surface area (Å²) in [6, 6.07) is 6.66. The maximum Gasteiger partial charge on any atom is 0.257 e. The van der Waals surface area contributed by atoms with Gasteiger partial charge >= 0.3 is 0 Å². The SMILES string of the molecule is COc1cc2c(cc1OC)-c1c(oc3c4c(ccc3c1=O)OC(C)(C)C=C4)[C@@H](O)O2. The molecule has 0 radical (unpaired) electrons. The number of aliphatic hydroxyl groups is 1. The lowest BCUT2D eigenvalue weighted by Gasteiger charge is -2.29. The third-order valence-corrected chi connectivity index (χ3v) is 5.33. The minimum Gasteiger partial charge on any atom is -0.493 e. The van der Waals surface area contributed by atoms with E-state index in [-0.39, 0.29) is 16.8 Å². The van der Waals surface area contributed by atoms with Crippen molar-refractivity contribution in [3.8, 4) is 34.1 Å². The molecule has 7 heteroatoms. The van der Waals surface area contributed by atoms with Gasteiger partial charge in [-0.3, -0.25) is 4.79 Å². The van der Waals surface area contributed by atoms with E-state index in [9.17, 15) is 9.90 Å². The van der Waals surface area contributed by atoms with Crippen LogP contribution in [0.3, 0.4) is 0 Å². The van der Waals surface area contributed by atoms with Gasteiger partial charge in [-0.2, -0.15) is 0 Å². The van der Waals surface area contributed by atoms with Crippen LogP contribution in [-0.4, -0.2) is 24.9 Å². The van der Waals surface area contributed by atoms with Crippen LogP contribution in [0.1, 0.15) is 31.5 Å². The molecule has 3 aromatic rings. The van der Waals surface area contributed by atoms with Gasteiger partial charge in [-0.15, -0.1) is 0 Å². The highest BCUT2D eigenvalue weighted by Gasteiger charge is 2.33. The van der Waals surface area contributed by atoms with Crippen LogP contribution in [0.5, 0.6) is 23.0 Å². The van der Waals surface area contributed by atoms with Crippen LogP contribution in [0.15, 0.2) is 39.6 Å². The van der Waals surface area contributed by atoms with Gasteiger partial charge in [0, 0.05) is 11.6 Å². The molecule has 1 atom stereocenters. The molecule has 0 spiro atoms. The Kier molecular flexibility index (Phi) is 3.88. The first-order valence-electron chi connectivity index (χ1n) is 9.46. The quantitative estimate of drug-likeness (QED) is 0.685. The molecular formula is C23H20O7. The molecule has 0 unspecified atom stereocenters. The van der Waals surface area contributed by atoms with Crippen molar-refractivity contribution in [1.82, 2.24) is 0 Å². The number of rotatable bonds is 2. The largest absolute Gasteiger partial charge is 0.493 e. The van der Waals surface area contributed by atoms with E-state index in [1.807, 2.05) is 26.0 Å². The van der Waals surface area contributed by atoms with Gasteiger partial charge in [-0.25, -0.2) is 0 Å². The van der Waals surface area contributed by atoms with E-state index < -0.39 is 11.9 Å². The lowest BCUT2D eigenvalue weighted by Crippen LogP contribution is -2.27. The monoisotopic (exact) mass is 408 g/mol. The van der Waals surface area contributed by atoms with E-state index in [0.717, 1.165) is 0 Å². The number of fused-ring (bicyclic) bond motifs is 6. The molecule has 0 bridgehead atoms. The molecule has 5 rings (SSSR count). The van der Waals surface area contributed by atoms with Gasteiger partial charge in [0.05, 0.1) is 30.7 Å². The second-order valence-electron chi connectivity index (χ2n) is 7.74. The predicted octanol–water partition coefficient (Wildman–Crippen LogP) is 4.04. The van der Waals surface area contributed by atoms with Crippen molar-refractivity contribution in [2.24, 2.45) is 0 Å². The summed E-state index contributed by atoms with van der Waals surface area (Å²) < 4.78 is 28.3. The number of ether oxygens (including phenoxy) is 4. The van der Waals surface area contributed by atoms with Gasteiger partial charge < -0.3 is 28.5 Å². The highest BCUT2D eigenvalue weighted by molar-refractivity contribution is 5.93. The van der Waals surface area contributed by atoms with Crippen molar-refractivity contribution < 1.29 is 28.5 Å². The molecule has 2 aliphatic rings. The van der Waals surface area contributed by atoms with Gasteiger partial charge in [0.25, 0.3) is 6.29 Å². The molecular weight excluding hydrogens is 388 g/mol. The van der Waals surface area contributed by atoms with E-state index in [1.165, 1.54) is 14.2 Å². The molecule has 7 nitrogen and oxygen atoms in total. The molecule has 3 heterocycles. The number of hydrogen-bond acceptors (Lipinski definition) is 7. The third kappa shape index (κ3) is 2.59. The molecule has 1 N–H and O–H groups in total. The highest BCUT2D eigenvalue weighted by Crippen LogP contribution is 2.47. The second-order valence-corrected chi connectivity index (χ2v) is 7.74. The lowest BCUT2D eigenvalue weighted by atomic mass is 9.96. The number of methoxy groups -OCH3 is 2. The molecule has 154 valence electrons. The number of aliphatic hydroxyl groups excluding tert-OH is 1. The topological polar surface area (TPSA) is 87.4 Å². The van der Waals surface area contributed by atoms with E-state index in [4.69, 9.17) is 23.4 Å². The average Bonchev–Trinajstić information content (AvgIpc) is 2.72. The lowest BCUT2D eigenvalue weighted by molar-refractivity contribution is -0.0377. The summed E-state index contributed by atoms with van der Waals surface area (Å²) in [5.41, 5.74) is 0.953. The summed E-state index contributed by atoms with van der Waals surface area (Å²) >= 11 is 0. The van der Waals surface area contributed by atoms with Crippen molar-refractivity contribution in [2.75, 3.05) is 14.2 Å². The summed E-state index contributed by atoms with van der Waals surface area (Å²) in [5, 5.41) is 11.0. The molecule has 0 amide bonds. The molecule has 2 aromatic carbocycles. The molecule has 0 saturated heterocycles. The zero-order chi connectivity index (χ0) is 21.2. The maximum atomic E-state index is 13.5. The molecule has 0 aliphatic carbocycles. The fourth-order valence-corrected chi connectivity index (χ4v) is 3.88. The van der Waals surface area contributed by atoms with Crippen LogP contribution < -0.4 is 24.4 Å². The van der Waals surface area contributed by atoms with E-state index in [0.29, 0.717) is 45.1 Å². The number of hydrogen-bond donors (Lipinski definition) is 1. The zero-order valence-corrected chi connectivity index (χ0v) is 16.9. The Labute approximate surface area is 172 Å². The fraction of sp³-hybridized carbons (Fsp3) is 0.261. The van der Waals surface area contributed by atoms with Gasteiger partial charge in [0.1, 0.15) is 22.7 Å². The van der Waals surface area contributed by atoms with Crippen molar-refractivity contribution >= 4 is 17.0 Å². The van der Waals surface area contributed by atoms with Gasteiger partial charge in [0.15, 0.2) is 17.3 Å². The summed E-state index contributed by atoms with van der Waals surface area (Å²) in [5.74, 6) is 1.82. The van der Waals surface area contributed by atoms with E-state index in [2.05, 4.69) is 0 Å². The Bertz CT molecular complexity index is 1280. The normalized spacial score (nSPS) is 18.0. The summed E-state index contributed by atoms with van der Waals surface area (Å²) in [6.45, 7) is 3.88. The minimum atomic E-state index is -1.44. The second kappa shape index (κ2) is 6.27. The first-order chi connectivity index (χ1) is 14.3. The molecule has 0 fully saturated rings. The van der Waals surface area contributed by atoms with Crippen LogP contribution in [0, 0.1) is 0 Å². The maximum absolute atomic E-state index is 13.5. The fourth-order valence-electron chi connectivity index (χ4n) is 3.88. The highest BCUT2D eigenvalue weighted by atomic mass is 16.6. The van der Waals surface area contributed by atoms with Crippen LogP contribution >= 0.6 is 0 Å².